The van der Waals surface area contributed by atoms with Crippen molar-refractivity contribution >= 4 is 11.9 Å². The van der Waals surface area contributed by atoms with E-state index in [1.165, 1.54) is 0 Å². The molecule has 134 valence electrons. The number of rotatable bonds is 8. The molecule has 0 saturated heterocycles. The van der Waals surface area contributed by atoms with Crippen molar-refractivity contribution in [3.05, 3.63) is 35.4 Å². The fraction of sp³-hybridized carbons (Fsp3) is 0.600. The van der Waals surface area contributed by atoms with E-state index in [0.717, 1.165) is 25.7 Å². The van der Waals surface area contributed by atoms with Crippen molar-refractivity contribution in [3.63, 3.8) is 0 Å². The molecule has 1 aromatic carbocycles. The summed E-state index contributed by atoms with van der Waals surface area (Å²) in [7, 11) is 0. The topological polar surface area (TPSA) is 52.6 Å². The molecule has 4 heteroatoms. The van der Waals surface area contributed by atoms with Gasteiger partial charge in [-0.3, -0.25) is 0 Å². The van der Waals surface area contributed by atoms with Crippen LogP contribution >= 0.6 is 0 Å². The van der Waals surface area contributed by atoms with Gasteiger partial charge >= 0.3 is 11.9 Å². The van der Waals surface area contributed by atoms with Gasteiger partial charge in [-0.05, 0) is 30.9 Å². The highest BCUT2D eigenvalue weighted by molar-refractivity contribution is 6.03. The van der Waals surface area contributed by atoms with Crippen LogP contribution in [-0.4, -0.2) is 24.6 Å². The van der Waals surface area contributed by atoms with Gasteiger partial charge in [-0.25, -0.2) is 9.59 Å². The maximum Gasteiger partial charge on any atom is 0.339 e. The molecule has 0 spiro atoms. The second kappa shape index (κ2) is 9.45. The van der Waals surface area contributed by atoms with Crippen LogP contribution in [0.15, 0.2) is 24.3 Å². The smallest absolute Gasteiger partial charge is 0.339 e. The van der Waals surface area contributed by atoms with Gasteiger partial charge in [0.25, 0.3) is 0 Å². The Kier molecular flexibility index (Phi) is 7.96. The zero-order valence-corrected chi connectivity index (χ0v) is 15.6. The fourth-order valence-electron chi connectivity index (χ4n) is 2.01. The van der Waals surface area contributed by atoms with Gasteiger partial charge < -0.3 is 9.47 Å². The Hall–Kier alpha value is -1.84. The second-order valence-electron chi connectivity index (χ2n) is 7.16. The van der Waals surface area contributed by atoms with Crippen molar-refractivity contribution in [2.75, 3.05) is 6.61 Å². The Morgan fingerprint density at radius 2 is 1.58 bits per heavy atom. The number of ether oxygens (including phenoxy) is 2. The fourth-order valence-corrected chi connectivity index (χ4v) is 2.01. The SMILES string of the molecule is CCCCCCOC(=O)c1ccccc1C(=O)OC(C)C(C)(C)C. The van der Waals surface area contributed by atoms with Crippen molar-refractivity contribution < 1.29 is 19.1 Å². The largest absolute Gasteiger partial charge is 0.462 e. The molecule has 0 fully saturated rings. The van der Waals surface area contributed by atoms with Gasteiger partial charge in [0.05, 0.1) is 17.7 Å². The lowest BCUT2D eigenvalue weighted by Crippen LogP contribution is -2.29. The summed E-state index contributed by atoms with van der Waals surface area (Å²) in [4.78, 5) is 24.7. The first-order valence-corrected chi connectivity index (χ1v) is 8.74. The Bertz CT molecular complexity index is 543. The number of unbranched alkanes of at least 4 members (excludes halogenated alkanes) is 3. The molecule has 0 aromatic heterocycles. The summed E-state index contributed by atoms with van der Waals surface area (Å²) in [6.45, 7) is 10.4. The number of hydrogen-bond acceptors (Lipinski definition) is 4. The Morgan fingerprint density at radius 1 is 1.00 bits per heavy atom. The number of esters is 2. The van der Waals surface area contributed by atoms with Gasteiger partial charge in [-0.1, -0.05) is 59.1 Å². The number of hydrogen-bond donors (Lipinski definition) is 0. The summed E-state index contributed by atoms with van der Waals surface area (Å²) >= 11 is 0. The van der Waals surface area contributed by atoms with E-state index in [4.69, 9.17) is 9.47 Å². The zero-order valence-electron chi connectivity index (χ0n) is 15.6. The molecule has 0 aliphatic heterocycles. The Labute approximate surface area is 145 Å². The molecule has 0 amide bonds. The average molecular weight is 334 g/mol. The summed E-state index contributed by atoms with van der Waals surface area (Å²) in [5.41, 5.74) is 0.357. The summed E-state index contributed by atoms with van der Waals surface area (Å²) in [5, 5.41) is 0. The molecule has 1 aromatic rings. The standard InChI is InChI=1S/C20H30O4/c1-6-7-8-11-14-23-18(21)16-12-9-10-13-17(16)19(22)24-15(2)20(3,4)5/h9-10,12-13,15H,6-8,11,14H2,1-5H3. The summed E-state index contributed by atoms with van der Waals surface area (Å²) in [5.74, 6) is -0.960. The van der Waals surface area contributed by atoms with E-state index in [1.54, 1.807) is 24.3 Å². The van der Waals surface area contributed by atoms with Gasteiger partial charge in [0.15, 0.2) is 0 Å². The molecule has 0 aliphatic rings. The van der Waals surface area contributed by atoms with Crippen LogP contribution < -0.4 is 0 Å². The van der Waals surface area contributed by atoms with E-state index in [-0.39, 0.29) is 22.6 Å². The average Bonchev–Trinajstić information content (AvgIpc) is 2.53. The minimum Gasteiger partial charge on any atom is -0.462 e. The molecule has 1 rings (SSSR count). The molecule has 0 radical (unpaired) electrons. The third-order valence-electron chi connectivity index (χ3n) is 4.10. The lowest BCUT2D eigenvalue weighted by molar-refractivity contribution is 0.00437. The lowest BCUT2D eigenvalue weighted by Gasteiger charge is -2.27. The van der Waals surface area contributed by atoms with Crippen molar-refractivity contribution in [2.24, 2.45) is 5.41 Å². The van der Waals surface area contributed by atoms with Gasteiger partial charge in [0.1, 0.15) is 6.10 Å². The van der Waals surface area contributed by atoms with Crippen LogP contribution in [-0.2, 0) is 9.47 Å². The van der Waals surface area contributed by atoms with Crippen molar-refractivity contribution in [2.45, 2.75) is 66.4 Å². The molecule has 0 saturated carbocycles. The van der Waals surface area contributed by atoms with Crippen molar-refractivity contribution in [3.8, 4) is 0 Å². The first-order valence-electron chi connectivity index (χ1n) is 8.74. The minimum atomic E-state index is -0.490. The lowest BCUT2D eigenvalue weighted by atomic mass is 9.90. The highest BCUT2D eigenvalue weighted by atomic mass is 16.5. The molecule has 4 nitrogen and oxygen atoms in total. The monoisotopic (exact) mass is 334 g/mol. The first-order chi connectivity index (χ1) is 11.3. The molecule has 0 aliphatic carbocycles. The van der Waals surface area contributed by atoms with E-state index in [0.29, 0.717) is 6.61 Å². The molecule has 0 heterocycles. The maximum atomic E-state index is 12.4. The van der Waals surface area contributed by atoms with E-state index in [9.17, 15) is 9.59 Å². The zero-order chi connectivity index (χ0) is 18.2. The third kappa shape index (κ3) is 6.34. The minimum absolute atomic E-state index is 0.162. The van der Waals surface area contributed by atoms with Gasteiger partial charge in [-0.2, -0.15) is 0 Å². The highest BCUT2D eigenvalue weighted by Crippen LogP contribution is 2.23. The Morgan fingerprint density at radius 3 is 2.12 bits per heavy atom. The van der Waals surface area contributed by atoms with Crippen LogP contribution in [0, 0.1) is 5.41 Å². The predicted molar refractivity (Wildman–Crippen MR) is 95.2 cm³/mol. The van der Waals surface area contributed by atoms with Crippen LogP contribution in [0.4, 0.5) is 0 Å². The van der Waals surface area contributed by atoms with E-state index in [1.807, 2.05) is 27.7 Å². The van der Waals surface area contributed by atoms with Crippen LogP contribution in [0.1, 0.15) is 81.0 Å². The predicted octanol–water partition coefficient (Wildman–Crippen LogP) is 5.02. The summed E-state index contributed by atoms with van der Waals surface area (Å²) in [6.07, 6.45) is 3.88. The van der Waals surface area contributed by atoms with Crippen molar-refractivity contribution in [1.29, 1.82) is 0 Å². The molecule has 0 N–H and O–H groups in total. The van der Waals surface area contributed by atoms with Gasteiger partial charge in [-0.15, -0.1) is 0 Å². The highest BCUT2D eigenvalue weighted by Gasteiger charge is 2.26. The number of carbonyl (C=O) groups is 2. The first kappa shape index (κ1) is 20.2. The van der Waals surface area contributed by atoms with E-state index in [2.05, 4.69) is 6.92 Å². The van der Waals surface area contributed by atoms with Gasteiger partial charge in [0, 0.05) is 0 Å². The number of benzene rings is 1. The number of carbonyl (C=O) groups excluding carboxylic acids is 2. The van der Waals surface area contributed by atoms with Gasteiger partial charge in [0.2, 0.25) is 0 Å². The molecular weight excluding hydrogens is 304 g/mol. The quantitative estimate of drug-likeness (QED) is 0.495. The maximum absolute atomic E-state index is 12.4. The van der Waals surface area contributed by atoms with Crippen LogP contribution in [0.5, 0.6) is 0 Å². The van der Waals surface area contributed by atoms with Crippen molar-refractivity contribution in [1.82, 2.24) is 0 Å². The molecule has 1 unspecified atom stereocenters. The molecule has 24 heavy (non-hydrogen) atoms. The summed E-state index contributed by atoms with van der Waals surface area (Å²) in [6, 6.07) is 6.64. The van der Waals surface area contributed by atoms with Crippen LogP contribution in [0.25, 0.3) is 0 Å². The Balaban J connectivity index is 2.73. The molecular formula is C20H30O4. The van der Waals surface area contributed by atoms with Crippen LogP contribution in [0.2, 0.25) is 0 Å². The van der Waals surface area contributed by atoms with E-state index >= 15 is 0 Å². The summed E-state index contributed by atoms with van der Waals surface area (Å²) < 4.78 is 10.8. The third-order valence-corrected chi connectivity index (χ3v) is 4.10. The van der Waals surface area contributed by atoms with E-state index < -0.39 is 11.9 Å². The molecule has 0 bridgehead atoms. The normalized spacial score (nSPS) is 12.5. The van der Waals surface area contributed by atoms with Crippen LogP contribution in [0.3, 0.4) is 0 Å². The second-order valence-corrected chi connectivity index (χ2v) is 7.16. The molecule has 1 atom stereocenters.